The van der Waals surface area contributed by atoms with E-state index in [1.807, 2.05) is 6.92 Å². The van der Waals surface area contributed by atoms with Crippen LogP contribution in [0.4, 0.5) is 0 Å². The van der Waals surface area contributed by atoms with Crippen LogP contribution in [0, 0.1) is 5.92 Å². The molecule has 0 aromatic rings. The van der Waals surface area contributed by atoms with E-state index in [1.54, 1.807) is 0 Å². The zero-order chi connectivity index (χ0) is 12.9. The predicted molar refractivity (Wildman–Crippen MR) is 68.9 cm³/mol. The van der Waals surface area contributed by atoms with Gasteiger partial charge in [-0.05, 0) is 26.2 Å². The van der Waals surface area contributed by atoms with Crippen LogP contribution in [0.5, 0.6) is 0 Å². The number of carbonyl (C=O) groups excluding carboxylic acids is 1. The monoisotopic (exact) mass is 242 g/mol. The molecule has 1 rings (SSSR count). The molecule has 1 amide bonds. The molecule has 0 aliphatic carbocycles. The van der Waals surface area contributed by atoms with E-state index in [-0.39, 0.29) is 24.2 Å². The number of ether oxygens (including phenoxy) is 1. The van der Waals surface area contributed by atoms with Crippen molar-refractivity contribution in [2.45, 2.75) is 52.2 Å². The summed E-state index contributed by atoms with van der Waals surface area (Å²) in [5, 5.41) is 6.12. The Hall–Kier alpha value is -0.610. The number of rotatable bonds is 7. The summed E-state index contributed by atoms with van der Waals surface area (Å²) >= 11 is 0. The van der Waals surface area contributed by atoms with Crippen molar-refractivity contribution < 1.29 is 9.53 Å². The lowest BCUT2D eigenvalue weighted by atomic mass is 10.00. The van der Waals surface area contributed by atoms with Crippen LogP contribution in [0.2, 0.25) is 0 Å². The fraction of sp³-hybridized carbons (Fsp3) is 0.923. The first-order chi connectivity index (χ1) is 7.95. The summed E-state index contributed by atoms with van der Waals surface area (Å²) in [5.41, 5.74) is -0.142. The summed E-state index contributed by atoms with van der Waals surface area (Å²) < 4.78 is 5.58. The van der Waals surface area contributed by atoms with Crippen LogP contribution in [0.25, 0.3) is 0 Å². The minimum Gasteiger partial charge on any atom is -0.363 e. The summed E-state index contributed by atoms with van der Waals surface area (Å²) in [6, 6.07) is 0.230. The molecule has 0 bridgehead atoms. The Bertz CT molecular complexity index is 252. The van der Waals surface area contributed by atoms with Crippen molar-refractivity contribution in [1.82, 2.24) is 10.6 Å². The van der Waals surface area contributed by atoms with E-state index in [9.17, 15) is 4.79 Å². The highest BCUT2D eigenvalue weighted by atomic mass is 16.5. The second kappa shape index (κ2) is 6.36. The van der Waals surface area contributed by atoms with Gasteiger partial charge >= 0.3 is 0 Å². The Morgan fingerprint density at radius 2 is 2.12 bits per heavy atom. The Balaban J connectivity index is 2.15. The summed E-state index contributed by atoms with van der Waals surface area (Å²) in [5.74, 6) is 0.647. The highest BCUT2D eigenvalue weighted by molar-refractivity contribution is 5.77. The van der Waals surface area contributed by atoms with Gasteiger partial charge in [-0.1, -0.05) is 20.3 Å². The van der Waals surface area contributed by atoms with Gasteiger partial charge in [0.05, 0.1) is 5.60 Å². The van der Waals surface area contributed by atoms with Crippen molar-refractivity contribution in [1.29, 1.82) is 0 Å². The van der Waals surface area contributed by atoms with Crippen molar-refractivity contribution in [3.8, 4) is 0 Å². The fourth-order valence-electron chi connectivity index (χ4n) is 1.96. The van der Waals surface area contributed by atoms with Crippen molar-refractivity contribution in [2.24, 2.45) is 5.92 Å². The minimum atomic E-state index is -0.142. The average molecular weight is 242 g/mol. The largest absolute Gasteiger partial charge is 0.363 e. The zero-order valence-corrected chi connectivity index (χ0v) is 11.5. The Morgan fingerprint density at radius 1 is 1.47 bits per heavy atom. The predicted octanol–water partition coefficient (Wildman–Crippen LogP) is 1.31. The molecular weight excluding hydrogens is 216 g/mol. The van der Waals surface area contributed by atoms with E-state index >= 15 is 0 Å². The second-order valence-corrected chi connectivity index (χ2v) is 5.56. The van der Waals surface area contributed by atoms with Crippen LogP contribution in [-0.2, 0) is 9.53 Å². The van der Waals surface area contributed by atoms with Gasteiger partial charge in [-0.2, -0.15) is 0 Å². The van der Waals surface area contributed by atoms with Gasteiger partial charge < -0.3 is 15.4 Å². The average Bonchev–Trinajstić information content (AvgIpc) is 2.23. The first-order valence-corrected chi connectivity index (χ1v) is 6.59. The number of amides is 1. The molecule has 1 heterocycles. The summed E-state index contributed by atoms with van der Waals surface area (Å²) in [6.07, 6.45) is 2.18. The number of nitrogens with one attached hydrogen (secondary N) is 2. The van der Waals surface area contributed by atoms with E-state index < -0.39 is 0 Å². The van der Waals surface area contributed by atoms with Crippen LogP contribution in [0.15, 0.2) is 0 Å². The molecule has 2 unspecified atom stereocenters. The van der Waals surface area contributed by atoms with Crippen LogP contribution in [0.3, 0.4) is 0 Å². The molecule has 1 aliphatic heterocycles. The lowest BCUT2D eigenvalue weighted by molar-refractivity contribution is -0.136. The van der Waals surface area contributed by atoms with E-state index in [0.29, 0.717) is 5.92 Å². The molecule has 4 heteroatoms. The second-order valence-electron chi connectivity index (χ2n) is 5.56. The van der Waals surface area contributed by atoms with Crippen LogP contribution in [0.1, 0.15) is 40.5 Å². The van der Waals surface area contributed by atoms with E-state index in [2.05, 4.69) is 31.4 Å². The third-order valence-electron chi connectivity index (χ3n) is 3.41. The Morgan fingerprint density at radius 3 is 2.59 bits per heavy atom. The molecule has 4 nitrogen and oxygen atoms in total. The molecule has 1 fully saturated rings. The van der Waals surface area contributed by atoms with Crippen molar-refractivity contribution >= 4 is 5.91 Å². The SMILES string of the molecule is CCC(C)CC(C)NC(=O)COC1(C)CNC1. The molecular formula is C13H26N2O2. The lowest BCUT2D eigenvalue weighted by Crippen LogP contribution is -2.59. The molecule has 0 aromatic heterocycles. The first kappa shape index (κ1) is 14.5. The van der Waals surface area contributed by atoms with Gasteiger partial charge in [-0.3, -0.25) is 4.79 Å². The molecule has 0 spiro atoms. The lowest BCUT2D eigenvalue weighted by Gasteiger charge is -2.38. The van der Waals surface area contributed by atoms with Crippen molar-refractivity contribution in [3.05, 3.63) is 0 Å². The molecule has 0 aromatic carbocycles. The highest BCUT2D eigenvalue weighted by Gasteiger charge is 2.33. The molecule has 2 atom stereocenters. The smallest absolute Gasteiger partial charge is 0.246 e. The fourth-order valence-corrected chi connectivity index (χ4v) is 1.96. The quantitative estimate of drug-likeness (QED) is 0.707. The van der Waals surface area contributed by atoms with Gasteiger partial charge in [0.2, 0.25) is 5.91 Å². The van der Waals surface area contributed by atoms with E-state index in [4.69, 9.17) is 4.74 Å². The van der Waals surface area contributed by atoms with E-state index in [0.717, 1.165) is 25.9 Å². The Labute approximate surface area is 104 Å². The van der Waals surface area contributed by atoms with Gasteiger partial charge in [0.25, 0.3) is 0 Å². The maximum atomic E-state index is 11.7. The zero-order valence-electron chi connectivity index (χ0n) is 11.5. The molecule has 100 valence electrons. The van der Waals surface area contributed by atoms with Crippen molar-refractivity contribution in [2.75, 3.05) is 19.7 Å². The molecule has 0 saturated carbocycles. The standard InChI is InChI=1S/C13H26N2O2/c1-5-10(2)6-11(3)15-12(16)7-17-13(4)8-14-9-13/h10-11,14H,5-9H2,1-4H3,(H,15,16). The van der Waals surface area contributed by atoms with Crippen LogP contribution in [-0.4, -0.2) is 37.2 Å². The van der Waals surface area contributed by atoms with Crippen LogP contribution >= 0.6 is 0 Å². The van der Waals surface area contributed by atoms with Gasteiger partial charge in [0.1, 0.15) is 6.61 Å². The maximum absolute atomic E-state index is 11.7. The summed E-state index contributed by atoms with van der Waals surface area (Å²) in [6.45, 7) is 10.3. The van der Waals surface area contributed by atoms with Crippen LogP contribution < -0.4 is 10.6 Å². The number of hydrogen-bond donors (Lipinski definition) is 2. The van der Waals surface area contributed by atoms with E-state index in [1.165, 1.54) is 0 Å². The van der Waals surface area contributed by atoms with Gasteiger partial charge in [0.15, 0.2) is 0 Å². The van der Waals surface area contributed by atoms with Crippen molar-refractivity contribution in [3.63, 3.8) is 0 Å². The maximum Gasteiger partial charge on any atom is 0.246 e. The molecule has 17 heavy (non-hydrogen) atoms. The molecule has 1 aliphatic rings. The normalized spacial score (nSPS) is 21.4. The first-order valence-electron chi connectivity index (χ1n) is 6.59. The van der Waals surface area contributed by atoms with Gasteiger partial charge in [-0.15, -0.1) is 0 Å². The van der Waals surface area contributed by atoms with Gasteiger partial charge in [0, 0.05) is 19.1 Å². The topological polar surface area (TPSA) is 50.4 Å². The third-order valence-corrected chi connectivity index (χ3v) is 3.41. The highest BCUT2D eigenvalue weighted by Crippen LogP contribution is 2.14. The molecule has 1 saturated heterocycles. The number of hydrogen-bond acceptors (Lipinski definition) is 3. The molecule has 2 N–H and O–H groups in total. The summed E-state index contributed by atoms with van der Waals surface area (Å²) in [7, 11) is 0. The Kier molecular flexibility index (Phi) is 5.40. The van der Waals surface area contributed by atoms with Gasteiger partial charge in [-0.25, -0.2) is 0 Å². The summed E-state index contributed by atoms with van der Waals surface area (Å²) in [4.78, 5) is 11.7. The minimum absolute atomic E-state index is 0.00562. The third kappa shape index (κ3) is 5.04. The molecule has 0 radical (unpaired) electrons. The number of carbonyl (C=O) groups is 1.